The number of morpholine rings is 1. The number of benzene rings is 1. The molecule has 202 valence electrons. The first kappa shape index (κ1) is 26.6. The molecule has 0 saturated carbocycles. The van der Waals surface area contributed by atoms with Gasteiger partial charge in [0, 0.05) is 30.4 Å². The first-order valence-corrected chi connectivity index (χ1v) is 13.3. The zero-order chi connectivity index (χ0) is 27.2. The van der Waals surface area contributed by atoms with Crippen LogP contribution in [-0.2, 0) is 4.74 Å². The largest absolute Gasteiger partial charge is 0.494 e. The Morgan fingerprint density at radius 3 is 2.33 bits per heavy atom. The molecule has 8 nitrogen and oxygen atoms in total. The highest BCUT2D eigenvalue weighted by molar-refractivity contribution is 5.86. The molecule has 0 amide bonds. The molecule has 4 aromatic rings. The molecule has 9 heteroatoms. The Balaban J connectivity index is 0.000000384. The number of fused-ring (bicyclic) bond motifs is 1. The predicted molar refractivity (Wildman–Crippen MR) is 149 cm³/mol. The van der Waals surface area contributed by atoms with Crippen LogP contribution in [0.3, 0.4) is 0 Å². The number of halogens is 1. The Labute approximate surface area is 228 Å². The molecule has 2 aliphatic heterocycles. The third-order valence-corrected chi connectivity index (χ3v) is 7.19. The molecular weight excluding hydrogens is 495 g/mol. The van der Waals surface area contributed by atoms with E-state index in [2.05, 4.69) is 28.0 Å². The molecule has 0 unspecified atom stereocenters. The first-order valence-electron chi connectivity index (χ1n) is 13.3. The van der Waals surface area contributed by atoms with Gasteiger partial charge in [-0.1, -0.05) is 18.6 Å². The summed E-state index contributed by atoms with van der Waals surface area (Å²) in [5.74, 6) is 0.579. The Morgan fingerprint density at radius 1 is 0.974 bits per heavy atom. The Kier molecular flexibility index (Phi) is 8.35. The van der Waals surface area contributed by atoms with E-state index < -0.39 is 0 Å². The van der Waals surface area contributed by atoms with E-state index in [0.717, 1.165) is 22.3 Å². The molecule has 0 spiro atoms. The minimum atomic E-state index is -0.390. The van der Waals surface area contributed by atoms with Crippen molar-refractivity contribution in [2.45, 2.75) is 19.3 Å². The first-order chi connectivity index (χ1) is 19.1. The van der Waals surface area contributed by atoms with Crippen molar-refractivity contribution in [1.29, 1.82) is 5.26 Å². The van der Waals surface area contributed by atoms with Gasteiger partial charge in [-0.15, -0.1) is 0 Å². The number of rotatable bonds is 4. The molecule has 2 aliphatic rings. The number of methoxy groups -OCH3 is 1. The van der Waals surface area contributed by atoms with Crippen LogP contribution in [0.5, 0.6) is 5.75 Å². The van der Waals surface area contributed by atoms with Gasteiger partial charge in [-0.05, 0) is 62.8 Å². The number of pyridine rings is 2. The van der Waals surface area contributed by atoms with E-state index in [1.54, 1.807) is 38.0 Å². The van der Waals surface area contributed by atoms with Crippen LogP contribution in [0.25, 0.3) is 27.9 Å². The lowest BCUT2D eigenvalue weighted by Crippen LogP contribution is -2.37. The summed E-state index contributed by atoms with van der Waals surface area (Å²) in [6.07, 6.45) is 9.34. The zero-order valence-electron chi connectivity index (χ0n) is 22.4. The molecule has 0 N–H and O–H groups in total. The number of hydrogen-bond acceptors (Lipinski definition) is 7. The quantitative estimate of drug-likeness (QED) is 0.368. The highest BCUT2D eigenvalue weighted by Crippen LogP contribution is 2.38. The third kappa shape index (κ3) is 5.87. The van der Waals surface area contributed by atoms with Crippen LogP contribution in [0.15, 0.2) is 55.1 Å². The molecule has 0 bridgehead atoms. The number of nitriles is 1. The summed E-state index contributed by atoms with van der Waals surface area (Å²) in [5, 5.41) is 9.15. The Hall–Kier alpha value is -4.00. The van der Waals surface area contributed by atoms with E-state index in [0.29, 0.717) is 49.0 Å². The molecule has 0 aliphatic carbocycles. The predicted octanol–water partition coefficient (Wildman–Crippen LogP) is 5.02. The van der Waals surface area contributed by atoms with Crippen molar-refractivity contribution in [3.8, 4) is 34.2 Å². The van der Waals surface area contributed by atoms with E-state index >= 15 is 4.39 Å². The second kappa shape index (κ2) is 12.2. The molecule has 0 atom stereocenters. The molecule has 39 heavy (non-hydrogen) atoms. The second-order valence-electron chi connectivity index (χ2n) is 9.81. The van der Waals surface area contributed by atoms with Gasteiger partial charge in [0.15, 0.2) is 11.6 Å². The molecular formula is C30H33FN6O2. The lowest BCUT2D eigenvalue weighted by molar-refractivity contribution is 0.122. The van der Waals surface area contributed by atoms with Crippen LogP contribution >= 0.6 is 0 Å². The highest BCUT2D eigenvalue weighted by Gasteiger charge is 2.21. The lowest BCUT2D eigenvalue weighted by atomic mass is 9.98. The fourth-order valence-corrected chi connectivity index (χ4v) is 5.08. The average Bonchev–Trinajstić information content (AvgIpc) is 3.47. The minimum Gasteiger partial charge on any atom is -0.494 e. The van der Waals surface area contributed by atoms with Crippen LogP contribution < -0.4 is 9.64 Å². The number of nitrogens with zero attached hydrogens (tertiary/aromatic N) is 6. The molecule has 3 aromatic heterocycles. The van der Waals surface area contributed by atoms with E-state index in [-0.39, 0.29) is 5.82 Å². The van der Waals surface area contributed by atoms with Crippen molar-refractivity contribution in [2.75, 3.05) is 58.5 Å². The third-order valence-electron chi connectivity index (χ3n) is 7.19. The molecule has 0 radical (unpaired) electrons. The van der Waals surface area contributed by atoms with Crippen molar-refractivity contribution in [2.24, 2.45) is 0 Å². The van der Waals surface area contributed by atoms with Crippen LogP contribution in [-0.4, -0.2) is 72.8 Å². The molecule has 6 rings (SSSR count). The summed E-state index contributed by atoms with van der Waals surface area (Å²) >= 11 is 0. The van der Waals surface area contributed by atoms with Gasteiger partial charge in [-0.25, -0.2) is 14.4 Å². The van der Waals surface area contributed by atoms with Gasteiger partial charge in [-0.3, -0.25) is 4.40 Å². The number of aromatic nitrogens is 3. The average molecular weight is 529 g/mol. The van der Waals surface area contributed by atoms with Crippen molar-refractivity contribution in [3.63, 3.8) is 0 Å². The fraction of sp³-hybridized carbons (Fsp3) is 0.367. The minimum absolute atomic E-state index is 0.326. The summed E-state index contributed by atoms with van der Waals surface area (Å²) < 4.78 is 28.0. The summed E-state index contributed by atoms with van der Waals surface area (Å²) in [6.45, 7) is 4.96. The zero-order valence-corrected chi connectivity index (χ0v) is 22.4. The van der Waals surface area contributed by atoms with Gasteiger partial charge in [0.25, 0.3) is 0 Å². The topological polar surface area (TPSA) is 78.9 Å². The van der Waals surface area contributed by atoms with Crippen LogP contribution in [0.2, 0.25) is 0 Å². The van der Waals surface area contributed by atoms with Gasteiger partial charge in [0.1, 0.15) is 11.3 Å². The van der Waals surface area contributed by atoms with Gasteiger partial charge in [0.05, 0.1) is 50.2 Å². The normalized spacial score (nSPS) is 15.9. The number of anilines is 1. The van der Waals surface area contributed by atoms with Crippen molar-refractivity contribution in [3.05, 3.63) is 66.5 Å². The molecule has 5 heterocycles. The standard InChI is InChI=1S/C24H20FN5O2.C6H13N/c1-31-22-11-19(17-4-2-16(12-26)3-5-17)23(30-15-27-14-21(22)30)18-10-20(25)24(28-13-18)29-6-8-32-9-7-29;1-7-5-3-2-4-6-7/h2-5,10-11,13-15H,6-9H2,1H3;2-6H2,1H3. The van der Waals surface area contributed by atoms with E-state index in [1.807, 2.05) is 27.5 Å². The number of hydrogen-bond donors (Lipinski definition) is 0. The smallest absolute Gasteiger partial charge is 0.166 e. The summed E-state index contributed by atoms with van der Waals surface area (Å²) in [5.41, 5.74) is 4.36. The summed E-state index contributed by atoms with van der Waals surface area (Å²) in [7, 11) is 3.79. The second-order valence-corrected chi connectivity index (χ2v) is 9.81. The lowest BCUT2D eigenvalue weighted by Gasteiger charge is -2.28. The molecule has 2 saturated heterocycles. The van der Waals surface area contributed by atoms with Crippen molar-refractivity contribution < 1.29 is 13.9 Å². The number of piperidine rings is 1. The highest BCUT2D eigenvalue weighted by atomic mass is 19.1. The maximum atomic E-state index is 15.2. The molecule has 2 fully saturated rings. The van der Waals surface area contributed by atoms with E-state index in [1.165, 1.54) is 38.4 Å². The Morgan fingerprint density at radius 2 is 1.72 bits per heavy atom. The fourth-order valence-electron chi connectivity index (χ4n) is 5.08. The van der Waals surface area contributed by atoms with Gasteiger partial charge in [0.2, 0.25) is 0 Å². The van der Waals surface area contributed by atoms with Gasteiger partial charge < -0.3 is 19.3 Å². The molecule has 1 aromatic carbocycles. The van der Waals surface area contributed by atoms with Crippen LogP contribution in [0, 0.1) is 17.1 Å². The van der Waals surface area contributed by atoms with Gasteiger partial charge >= 0.3 is 0 Å². The van der Waals surface area contributed by atoms with Crippen LogP contribution in [0.1, 0.15) is 24.8 Å². The maximum absolute atomic E-state index is 15.2. The van der Waals surface area contributed by atoms with Gasteiger partial charge in [-0.2, -0.15) is 5.26 Å². The summed E-state index contributed by atoms with van der Waals surface area (Å²) in [4.78, 5) is 13.0. The summed E-state index contributed by atoms with van der Waals surface area (Å²) in [6, 6.07) is 12.8. The maximum Gasteiger partial charge on any atom is 0.166 e. The van der Waals surface area contributed by atoms with Crippen molar-refractivity contribution >= 4 is 11.3 Å². The SMILES string of the molecule is CN1CCCCC1.COc1cc(-c2ccc(C#N)cc2)c(-c2cnc(N3CCOCC3)c(F)c2)n2cncc12. The number of ether oxygens (including phenoxy) is 2. The van der Waals surface area contributed by atoms with E-state index in [9.17, 15) is 0 Å². The number of imidazole rings is 1. The van der Waals surface area contributed by atoms with E-state index in [4.69, 9.17) is 14.7 Å². The number of likely N-dealkylation sites (tertiary alicyclic amines) is 1. The monoisotopic (exact) mass is 528 g/mol. The van der Waals surface area contributed by atoms with Crippen molar-refractivity contribution in [1.82, 2.24) is 19.3 Å². The Bertz CT molecular complexity index is 1450. The van der Waals surface area contributed by atoms with Crippen LogP contribution in [0.4, 0.5) is 10.2 Å².